The first-order valence-corrected chi connectivity index (χ1v) is 58.1. The number of carbonyl (C=O) groups excluding carboxylic acids is 5. The number of hydrogen-bond acceptors (Lipinski definition) is 11. The second kappa shape index (κ2) is 90.2. The van der Waals surface area contributed by atoms with E-state index in [-0.39, 0.29) is 60.4 Å². The number of nitrogens with one attached hydrogen (secondary N) is 2. The van der Waals surface area contributed by atoms with Crippen molar-refractivity contribution in [3.05, 3.63) is 70.8 Å². The Morgan fingerprint density at radius 1 is 0.432 bits per heavy atom. The highest BCUT2D eigenvalue weighted by atomic mass is 19.2. The topological polar surface area (TPSA) is 144 Å². The molecule has 0 bridgehead atoms. The molecule has 828 valence electrons. The monoisotopic (exact) mass is 2050 g/mol. The molecule has 2 aromatic carbocycles. The molecule has 0 saturated heterocycles. The zero-order chi connectivity index (χ0) is 110. The third-order valence-corrected chi connectivity index (χ3v) is 26.4. The number of rotatable bonds is 26. The number of Topliss-reactive ketones (excluding diaryl/α,β-unsaturated/α-hetero) is 4. The standard InChI is InChI=1S/C18H21FO.C18H22O2.C14H21FO.C13H19FO2.C12H19FN2O.C12H19FO.C10H17N.C10H16.C9H15N.C8H12.C3H8.2C2H6/c1-2-17(20)16-10-8-15(9-11-16)14-18(19)12-6-4-3-5-7-13-18;1-2-18(19)16-12-10-15(11-13-16)14-20-17-8-6-4-3-5-7-9-17;1-3-8-13(16)11-12-9-6-4-5-7-10-14(12,2)15;1-3-11(15)10-16-12-6-4-5-8-13(2,14)9-7-12;1-2-14-10-15-11(16)12(13)8-6-4-3-5-7-9-12;1-3-10-14-11-6-4-5-8-12(2,13)9-7-11;1-9-6-4-5-7-11(3)8-10(9)2;2*1-2-10-8-6-4-3-5-7-9-10;1-2-4-6-8-7-5-3-1;1-3-2;2*1-2/h8-11H,2-6,12,14H2,1H3;10-13,17H,2-6,8,14H2,1H3;12H,3-6,8-9,11H2,1-2H3;12H,3-4,6-7,9-10H2,1-2H3;14H,2-6,8,10H2,1H3,(H,15,16);11H,3-4,6-7,9-10H2,1-2H3;9-10H,5,7-8H2,1-3H3;10H,2,4,6-9H2,1H3;2,4,6-9H2,1H3;1-6H2;3H2,1-2H3;2*1-2H3/t;;;;;;9-,10-;;;;;;/m......0....../s1. The summed E-state index contributed by atoms with van der Waals surface area (Å²) < 4.78 is 87.5. The Balaban J connectivity index is 0.00000163. The van der Waals surface area contributed by atoms with Crippen LogP contribution in [0.5, 0.6) is 0 Å². The van der Waals surface area contributed by atoms with Gasteiger partial charge in [0.1, 0.15) is 18.5 Å². The van der Waals surface area contributed by atoms with Crippen molar-refractivity contribution in [2.45, 2.75) is 519 Å². The van der Waals surface area contributed by atoms with E-state index in [4.69, 9.17) is 14.2 Å². The Labute approximate surface area is 902 Å². The molecule has 17 heteroatoms. The SMILES string of the molecule is C1#CCCCCCC1.CC.CC.CCC.CCC(=O)COC1CCC#CC(C)(F)CC1.CCC(=O)c1ccc(CC2(F)C#CCCCCC2)cc1.CCC(=O)c1ccc(COC2C#CCCCCC2)cc1.CCC1CCC#CCCC1.CCCC(=O)CC1CCCCC#CC1(C)F.CCCOC1CCC#CC(C)(F)CC1.CCN1CCC#CCCC1.CCNCNC(=O)C1(F)C#CCCCCC1.C[C@H]1C#CCCN(C)C[C@@H]1C. The minimum atomic E-state index is -1.99. The number of ether oxygens (including phenoxy) is 3. The normalized spacial score (nSPS) is 24.6. The number of halogens is 5. The Hall–Kier alpha value is -8.40. The molecule has 148 heavy (non-hydrogen) atoms. The lowest BCUT2D eigenvalue weighted by atomic mass is 9.81. The van der Waals surface area contributed by atoms with Gasteiger partial charge in [-0.05, 0) is 225 Å². The van der Waals surface area contributed by atoms with Crippen molar-refractivity contribution < 1.29 is 60.1 Å². The van der Waals surface area contributed by atoms with E-state index in [2.05, 4.69) is 194 Å². The second-order valence-electron chi connectivity index (χ2n) is 40.2. The molecule has 2 aliphatic heterocycles. The van der Waals surface area contributed by atoms with Crippen LogP contribution < -0.4 is 10.6 Å². The molecule has 0 radical (unpaired) electrons. The van der Waals surface area contributed by atoms with Gasteiger partial charge in [-0.25, -0.2) is 22.0 Å². The van der Waals surface area contributed by atoms with Crippen LogP contribution in [0.4, 0.5) is 22.0 Å². The molecule has 2 aromatic rings. The zero-order valence-corrected chi connectivity index (χ0v) is 96.6. The van der Waals surface area contributed by atoms with Gasteiger partial charge in [0.25, 0.3) is 5.91 Å². The van der Waals surface area contributed by atoms with Crippen molar-refractivity contribution in [2.24, 2.45) is 23.7 Å². The fourth-order valence-corrected chi connectivity index (χ4v) is 16.8. The first-order chi connectivity index (χ1) is 71.3. The van der Waals surface area contributed by atoms with Gasteiger partial charge in [0.15, 0.2) is 40.0 Å². The van der Waals surface area contributed by atoms with Gasteiger partial charge in [-0.15, -0.1) is 47.4 Å². The van der Waals surface area contributed by atoms with E-state index < -0.39 is 34.3 Å². The van der Waals surface area contributed by atoms with E-state index in [1.54, 1.807) is 19.1 Å². The summed E-state index contributed by atoms with van der Waals surface area (Å²) in [7, 11) is 2.18. The number of alkyl halides is 5. The van der Waals surface area contributed by atoms with E-state index in [0.717, 1.165) is 209 Å². The molecule has 0 aromatic heterocycles. The summed E-state index contributed by atoms with van der Waals surface area (Å²) in [4.78, 5) is 62.3. The molecule has 10 aliphatic rings. The molecule has 10 unspecified atom stereocenters. The highest BCUT2D eigenvalue weighted by Gasteiger charge is 2.37. The summed E-state index contributed by atoms with van der Waals surface area (Å²) in [6.07, 6.45) is 48.6. The van der Waals surface area contributed by atoms with E-state index in [1.165, 1.54) is 123 Å². The van der Waals surface area contributed by atoms with Crippen molar-refractivity contribution >= 4 is 29.0 Å². The van der Waals surface area contributed by atoms with Crippen LogP contribution in [-0.2, 0) is 41.6 Å². The van der Waals surface area contributed by atoms with Gasteiger partial charge in [-0.2, -0.15) is 0 Å². The maximum atomic E-state index is 14.8. The number of amides is 1. The van der Waals surface area contributed by atoms with Crippen LogP contribution in [0.15, 0.2) is 48.5 Å². The lowest BCUT2D eigenvalue weighted by Gasteiger charge is -2.26. The lowest BCUT2D eigenvalue weighted by molar-refractivity contribution is -0.130. The molecule has 12 rings (SSSR count). The lowest BCUT2D eigenvalue weighted by Crippen LogP contribution is -2.46. The van der Waals surface area contributed by atoms with E-state index in [9.17, 15) is 45.9 Å². The number of hydrogen-bond donors (Lipinski definition) is 2. The molecule has 0 saturated carbocycles. The number of nitrogens with zero attached hydrogens (tertiary/aromatic N) is 2. The quantitative estimate of drug-likeness (QED) is 0.0305. The van der Waals surface area contributed by atoms with Crippen molar-refractivity contribution in [3.8, 4) is 118 Å². The molecule has 12 nitrogen and oxygen atoms in total. The average molecular weight is 2060 g/mol. The molecular formula is C131H201F5N4O8. The summed E-state index contributed by atoms with van der Waals surface area (Å²) in [6.45, 7) is 45.8. The highest BCUT2D eigenvalue weighted by molar-refractivity contribution is 5.96. The maximum Gasteiger partial charge on any atom is 0.271 e. The van der Waals surface area contributed by atoms with Gasteiger partial charge in [-0.3, -0.25) is 24.0 Å². The van der Waals surface area contributed by atoms with Crippen LogP contribution in [0, 0.1) is 142 Å². The van der Waals surface area contributed by atoms with Gasteiger partial charge in [-0.1, -0.05) is 282 Å². The van der Waals surface area contributed by atoms with Gasteiger partial charge in [0.05, 0.1) is 25.5 Å². The van der Waals surface area contributed by atoms with Crippen LogP contribution in [0.25, 0.3) is 0 Å². The van der Waals surface area contributed by atoms with Crippen molar-refractivity contribution in [1.29, 1.82) is 0 Å². The molecule has 1 amide bonds. The number of benzene rings is 2. The van der Waals surface area contributed by atoms with Crippen LogP contribution in [0.2, 0.25) is 0 Å². The van der Waals surface area contributed by atoms with E-state index >= 15 is 0 Å². The molecule has 2 heterocycles. The number of carbonyl (C=O) groups is 5. The predicted octanol–water partition coefficient (Wildman–Crippen LogP) is 31.3. The molecule has 8 aliphatic carbocycles. The minimum Gasteiger partial charge on any atom is -0.378 e. The third kappa shape index (κ3) is 73.0. The molecule has 2 N–H and O–H groups in total. The third-order valence-electron chi connectivity index (χ3n) is 26.4. The van der Waals surface area contributed by atoms with Gasteiger partial charge in [0.2, 0.25) is 5.67 Å². The maximum absolute atomic E-state index is 14.8. The summed E-state index contributed by atoms with van der Waals surface area (Å²) in [5.74, 6) is 61.4. The summed E-state index contributed by atoms with van der Waals surface area (Å²) >= 11 is 0. The highest BCUT2D eigenvalue weighted by Crippen LogP contribution is 2.34. The van der Waals surface area contributed by atoms with Crippen molar-refractivity contribution in [3.63, 3.8) is 0 Å². The van der Waals surface area contributed by atoms with Gasteiger partial charge >= 0.3 is 0 Å². The van der Waals surface area contributed by atoms with E-state index in [0.29, 0.717) is 108 Å². The fourth-order valence-electron chi connectivity index (χ4n) is 16.8. The second-order valence-corrected chi connectivity index (χ2v) is 40.2. The fraction of sp³-hybridized carbons (Fsp3) is 0.718. The van der Waals surface area contributed by atoms with Crippen LogP contribution in [0.3, 0.4) is 0 Å². The summed E-state index contributed by atoms with van der Waals surface area (Å²) in [5.41, 5.74) is -4.10. The first kappa shape index (κ1) is 140. The number of ketones is 4. The van der Waals surface area contributed by atoms with E-state index in [1.807, 2.05) is 98.7 Å². The molecule has 12 atom stereocenters. The Morgan fingerprint density at radius 2 is 0.912 bits per heavy atom. The van der Waals surface area contributed by atoms with Crippen LogP contribution >= 0.6 is 0 Å². The molecule has 0 fully saturated rings. The molecular weight excluding hydrogens is 1850 g/mol. The smallest absolute Gasteiger partial charge is 0.271 e. The Morgan fingerprint density at radius 3 is 1.47 bits per heavy atom. The zero-order valence-electron chi connectivity index (χ0n) is 96.6. The van der Waals surface area contributed by atoms with Gasteiger partial charge < -0.3 is 34.6 Å². The summed E-state index contributed by atoms with van der Waals surface area (Å²) in [6, 6.07) is 15.0. The largest absolute Gasteiger partial charge is 0.378 e. The van der Waals surface area contributed by atoms with Crippen LogP contribution in [0.1, 0.15) is 491 Å². The van der Waals surface area contributed by atoms with Crippen LogP contribution in [-0.4, -0.2) is 152 Å². The predicted molar refractivity (Wildman–Crippen MR) is 612 cm³/mol. The first-order valence-electron chi connectivity index (χ1n) is 58.1. The van der Waals surface area contributed by atoms with Crippen molar-refractivity contribution in [1.82, 2.24) is 20.4 Å². The summed E-state index contributed by atoms with van der Waals surface area (Å²) in [5, 5.41) is 5.43. The Kier molecular flexibility index (Phi) is 85.0. The average Bonchev–Trinajstić information content (AvgIpc) is 0.859. The van der Waals surface area contributed by atoms with Crippen molar-refractivity contribution in [2.75, 3.05) is 66.2 Å². The minimum absolute atomic E-state index is 0.0276. The van der Waals surface area contributed by atoms with Gasteiger partial charge in [0, 0.05) is 178 Å². The Bertz CT molecular complexity index is 4510. The molecule has 0 spiro atoms.